The van der Waals surface area contributed by atoms with E-state index >= 15 is 0 Å². The number of benzene rings is 1. The minimum atomic E-state index is -0.800. The number of nitrogens with zero attached hydrogens (tertiary/aromatic N) is 2. The first-order valence-corrected chi connectivity index (χ1v) is 8.56. The van der Waals surface area contributed by atoms with Gasteiger partial charge in [0.25, 0.3) is 0 Å². The van der Waals surface area contributed by atoms with Crippen LogP contribution in [0.1, 0.15) is 30.7 Å². The first-order valence-electron chi connectivity index (χ1n) is 7.74. The van der Waals surface area contributed by atoms with E-state index in [-0.39, 0.29) is 11.9 Å². The molecule has 1 atom stereocenters. The summed E-state index contributed by atoms with van der Waals surface area (Å²) in [7, 11) is 0. The van der Waals surface area contributed by atoms with Crippen LogP contribution in [0.5, 0.6) is 0 Å². The molecule has 1 fully saturated rings. The Morgan fingerprint density at radius 3 is 2.70 bits per heavy atom. The average molecular weight is 332 g/mol. The van der Waals surface area contributed by atoms with Crippen molar-refractivity contribution < 1.29 is 9.59 Å². The second-order valence-corrected chi connectivity index (χ2v) is 6.92. The molecule has 3 amide bonds. The fourth-order valence-electron chi connectivity index (χ4n) is 2.99. The monoisotopic (exact) mass is 332 g/mol. The Morgan fingerprint density at radius 1 is 1.35 bits per heavy atom. The second-order valence-electron chi connectivity index (χ2n) is 5.86. The number of para-hydroxylation sites is 1. The van der Waals surface area contributed by atoms with Gasteiger partial charge < -0.3 is 5.73 Å². The highest BCUT2D eigenvalue weighted by Gasteiger charge is 2.29. The molecule has 23 heavy (non-hydrogen) atoms. The number of rotatable bonds is 3. The number of aromatic nitrogens is 1. The van der Waals surface area contributed by atoms with E-state index in [1.807, 2.05) is 18.2 Å². The molecule has 2 heterocycles. The summed E-state index contributed by atoms with van der Waals surface area (Å²) in [5, 5.41) is 3.33. The number of thiazole rings is 1. The number of imide groups is 1. The maximum atomic E-state index is 11.9. The summed E-state index contributed by atoms with van der Waals surface area (Å²) < 4.78 is 1.22. The molecule has 6 nitrogen and oxygen atoms in total. The van der Waals surface area contributed by atoms with Crippen molar-refractivity contribution in [1.82, 2.24) is 15.2 Å². The van der Waals surface area contributed by atoms with E-state index in [0.29, 0.717) is 5.92 Å². The second kappa shape index (κ2) is 6.64. The first kappa shape index (κ1) is 15.9. The average Bonchev–Trinajstić information content (AvgIpc) is 2.97. The highest BCUT2D eigenvalue weighted by molar-refractivity contribution is 7.18. The number of primary amides is 1. The van der Waals surface area contributed by atoms with Crippen LogP contribution in [0, 0.1) is 0 Å². The molecule has 0 radical (unpaired) electrons. The Balaban J connectivity index is 1.61. The van der Waals surface area contributed by atoms with Crippen LogP contribution in [0.2, 0.25) is 0 Å². The first-order chi connectivity index (χ1) is 11.0. The van der Waals surface area contributed by atoms with Crippen molar-refractivity contribution in [1.29, 1.82) is 0 Å². The molecular weight excluding hydrogens is 312 g/mol. The van der Waals surface area contributed by atoms with Crippen molar-refractivity contribution in [3.63, 3.8) is 0 Å². The number of hydrogen-bond acceptors (Lipinski definition) is 5. The van der Waals surface area contributed by atoms with Crippen molar-refractivity contribution in [3.05, 3.63) is 29.3 Å². The predicted octanol–water partition coefficient (Wildman–Crippen LogP) is 2.06. The predicted molar refractivity (Wildman–Crippen MR) is 90.4 cm³/mol. The van der Waals surface area contributed by atoms with E-state index in [4.69, 9.17) is 10.7 Å². The quantitative estimate of drug-likeness (QED) is 0.900. The molecule has 0 saturated carbocycles. The van der Waals surface area contributed by atoms with Crippen molar-refractivity contribution in [2.45, 2.75) is 31.7 Å². The number of nitrogens with two attached hydrogens (primary N) is 1. The molecule has 2 aromatic rings. The highest BCUT2D eigenvalue weighted by atomic mass is 32.1. The number of fused-ring (bicyclic) bond motifs is 1. The van der Waals surface area contributed by atoms with Crippen molar-refractivity contribution in [2.24, 2.45) is 5.73 Å². The number of carbonyl (C=O) groups is 2. The normalized spacial score (nSPS) is 18.0. The fourth-order valence-corrected chi connectivity index (χ4v) is 4.13. The molecule has 1 aliphatic rings. The SMILES string of the molecule is C[C@@H](C(=O)NC(N)=O)N1CCC(c2nc3ccccc3s2)CC1. The number of urea groups is 1. The van der Waals surface area contributed by atoms with Crippen LogP contribution in [0.4, 0.5) is 4.79 Å². The van der Waals surface area contributed by atoms with Crippen LogP contribution in [0.25, 0.3) is 10.2 Å². The number of piperidine rings is 1. The summed E-state index contributed by atoms with van der Waals surface area (Å²) in [4.78, 5) is 29.5. The van der Waals surface area contributed by atoms with Crippen LogP contribution < -0.4 is 11.1 Å². The molecule has 3 N–H and O–H groups in total. The lowest BCUT2D eigenvalue weighted by Crippen LogP contribution is -2.50. The van der Waals surface area contributed by atoms with Gasteiger partial charge >= 0.3 is 6.03 Å². The van der Waals surface area contributed by atoms with Crippen LogP contribution in [-0.4, -0.2) is 41.0 Å². The molecule has 1 saturated heterocycles. The van der Waals surface area contributed by atoms with Gasteiger partial charge in [0.05, 0.1) is 21.3 Å². The van der Waals surface area contributed by atoms with E-state index < -0.39 is 6.03 Å². The molecule has 122 valence electrons. The largest absolute Gasteiger partial charge is 0.351 e. The van der Waals surface area contributed by atoms with Gasteiger partial charge in [-0.15, -0.1) is 11.3 Å². The van der Waals surface area contributed by atoms with E-state index in [0.717, 1.165) is 31.4 Å². The molecule has 7 heteroatoms. The Bertz CT molecular complexity index is 689. The molecular formula is C16H20N4O2S. The van der Waals surface area contributed by atoms with Crippen molar-refractivity contribution in [3.8, 4) is 0 Å². The summed E-state index contributed by atoms with van der Waals surface area (Å²) >= 11 is 1.76. The smallest absolute Gasteiger partial charge is 0.318 e. The number of hydrogen-bond donors (Lipinski definition) is 2. The summed E-state index contributed by atoms with van der Waals surface area (Å²) in [5.74, 6) is 0.103. The van der Waals surface area contributed by atoms with Gasteiger partial charge in [-0.1, -0.05) is 12.1 Å². The number of likely N-dealkylation sites (tertiary alicyclic amines) is 1. The highest BCUT2D eigenvalue weighted by Crippen LogP contribution is 2.34. The minimum absolute atomic E-state index is 0.337. The number of amides is 3. The Hall–Kier alpha value is -1.99. The molecule has 0 spiro atoms. The summed E-state index contributed by atoms with van der Waals surface area (Å²) in [5.41, 5.74) is 6.06. The molecule has 3 rings (SSSR count). The molecule has 0 bridgehead atoms. The van der Waals surface area contributed by atoms with Gasteiger partial charge in [-0.2, -0.15) is 0 Å². The van der Waals surface area contributed by atoms with Crippen LogP contribution in [0.15, 0.2) is 24.3 Å². The summed E-state index contributed by atoms with van der Waals surface area (Å²) in [6.07, 6.45) is 1.93. The number of carbonyl (C=O) groups excluding carboxylic acids is 2. The zero-order valence-corrected chi connectivity index (χ0v) is 13.8. The molecule has 0 aliphatic carbocycles. The van der Waals surface area contributed by atoms with Crippen LogP contribution in [-0.2, 0) is 4.79 Å². The zero-order chi connectivity index (χ0) is 16.4. The molecule has 1 aliphatic heterocycles. The Morgan fingerprint density at radius 2 is 2.04 bits per heavy atom. The maximum Gasteiger partial charge on any atom is 0.318 e. The summed E-state index contributed by atoms with van der Waals surface area (Å²) in [6.45, 7) is 3.43. The fraction of sp³-hybridized carbons (Fsp3) is 0.438. The van der Waals surface area contributed by atoms with Crippen LogP contribution >= 0.6 is 11.3 Å². The van der Waals surface area contributed by atoms with Gasteiger partial charge in [-0.25, -0.2) is 9.78 Å². The standard InChI is InChI=1S/C16H20N4O2S/c1-10(14(21)19-16(17)22)20-8-6-11(7-9-20)15-18-12-4-2-3-5-13(12)23-15/h2-5,10-11H,6-9H2,1H3,(H3,17,19,21,22)/t10-/m0/s1. The molecule has 1 aromatic heterocycles. The third-order valence-corrected chi connectivity index (χ3v) is 5.56. The third-order valence-electron chi connectivity index (χ3n) is 4.36. The van der Waals surface area contributed by atoms with E-state index in [1.165, 1.54) is 9.71 Å². The lowest BCUT2D eigenvalue weighted by Gasteiger charge is -2.34. The lowest BCUT2D eigenvalue weighted by atomic mass is 9.96. The van der Waals surface area contributed by atoms with Gasteiger partial charge in [0.15, 0.2) is 0 Å². The zero-order valence-electron chi connectivity index (χ0n) is 13.0. The molecule has 0 unspecified atom stereocenters. The number of nitrogens with one attached hydrogen (secondary N) is 1. The third kappa shape index (κ3) is 3.51. The van der Waals surface area contributed by atoms with Gasteiger partial charge in [0.1, 0.15) is 0 Å². The van der Waals surface area contributed by atoms with E-state index in [1.54, 1.807) is 18.3 Å². The van der Waals surface area contributed by atoms with Crippen molar-refractivity contribution in [2.75, 3.05) is 13.1 Å². The Labute approximate surface area is 138 Å². The van der Waals surface area contributed by atoms with E-state index in [2.05, 4.69) is 16.3 Å². The topological polar surface area (TPSA) is 88.3 Å². The minimum Gasteiger partial charge on any atom is -0.351 e. The van der Waals surface area contributed by atoms with Gasteiger partial charge in [0.2, 0.25) is 5.91 Å². The molecule has 1 aromatic carbocycles. The van der Waals surface area contributed by atoms with Crippen molar-refractivity contribution >= 4 is 33.5 Å². The van der Waals surface area contributed by atoms with Gasteiger partial charge in [-0.3, -0.25) is 15.0 Å². The summed E-state index contributed by atoms with van der Waals surface area (Å²) in [6, 6.07) is 7.03. The van der Waals surface area contributed by atoms with Gasteiger partial charge in [0, 0.05) is 5.92 Å². The lowest BCUT2D eigenvalue weighted by molar-refractivity contribution is -0.125. The van der Waals surface area contributed by atoms with E-state index in [9.17, 15) is 9.59 Å². The van der Waals surface area contributed by atoms with Gasteiger partial charge in [-0.05, 0) is 45.0 Å². The van der Waals surface area contributed by atoms with Crippen LogP contribution in [0.3, 0.4) is 0 Å². The Kier molecular flexibility index (Phi) is 4.58. The maximum absolute atomic E-state index is 11.9.